The molecule has 0 spiro atoms. The fraction of sp³-hybridized carbons (Fsp3) is 0.400. The van der Waals surface area contributed by atoms with Crippen LogP contribution in [0.25, 0.3) is 0 Å². The zero-order chi connectivity index (χ0) is 9.47. The Morgan fingerprint density at radius 3 is 2.62 bits per heavy atom. The van der Waals surface area contributed by atoms with E-state index in [1.807, 2.05) is 0 Å². The van der Waals surface area contributed by atoms with E-state index in [1.54, 1.807) is 13.0 Å². The van der Waals surface area contributed by atoms with E-state index in [-0.39, 0.29) is 17.0 Å². The average molecular weight is 179 g/mol. The third kappa shape index (κ3) is 1.24. The second-order valence-corrected chi connectivity index (χ2v) is 3.50. The lowest BCUT2D eigenvalue weighted by Crippen LogP contribution is -2.18. The highest BCUT2D eigenvalue weighted by molar-refractivity contribution is 5.90. The van der Waals surface area contributed by atoms with Crippen LogP contribution in [0.4, 0.5) is 4.39 Å². The quantitative estimate of drug-likeness (QED) is 0.693. The van der Waals surface area contributed by atoms with E-state index >= 15 is 0 Å². The van der Waals surface area contributed by atoms with Crippen LogP contribution in [-0.4, -0.2) is 10.8 Å². The van der Waals surface area contributed by atoms with Gasteiger partial charge in [0.15, 0.2) is 0 Å². The molecule has 2 rings (SSSR count). The molecule has 0 aromatic carbocycles. The first-order valence-electron chi connectivity index (χ1n) is 4.28. The van der Waals surface area contributed by atoms with Crippen LogP contribution in [0, 0.1) is 5.82 Å². The summed E-state index contributed by atoms with van der Waals surface area (Å²) in [5.74, 6) is -0.227. The minimum absolute atomic E-state index is 0.131. The highest BCUT2D eigenvalue weighted by Crippen LogP contribution is 2.47. The summed E-state index contributed by atoms with van der Waals surface area (Å²) < 4.78 is 12.5. The molecule has 3 heteroatoms. The Morgan fingerprint density at radius 1 is 1.54 bits per heavy atom. The van der Waals surface area contributed by atoms with Gasteiger partial charge in [0, 0.05) is 0 Å². The van der Waals surface area contributed by atoms with Crippen LogP contribution < -0.4 is 0 Å². The number of carbonyl (C=O) groups excluding carboxylic acids is 1. The summed E-state index contributed by atoms with van der Waals surface area (Å²) in [6.45, 7) is 1.57. The van der Waals surface area contributed by atoms with Crippen molar-refractivity contribution in [2.24, 2.45) is 0 Å². The highest BCUT2D eigenvalue weighted by Gasteiger charge is 2.49. The third-order valence-electron chi connectivity index (χ3n) is 2.64. The van der Waals surface area contributed by atoms with Crippen LogP contribution in [0.3, 0.4) is 0 Å². The fourth-order valence-corrected chi connectivity index (χ4v) is 1.57. The summed E-state index contributed by atoms with van der Waals surface area (Å²) in [6.07, 6.45) is 2.86. The highest BCUT2D eigenvalue weighted by atomic mass is 19.1. The van der Waals surface area contributed by atoms with Crippen molar-refractivity contribution in [1.82, 2.24) is 4.98 Å². The number of hydrogen-bond acceptors (Lipinski definition) is 2. The number of pyridine rings is 1. The maximum atomic E-state index is 12.5. The van der Waals surface area contributed by atoms with Crippen LogP contribution in [0.2, 0.25) is 0 Å². The van der Waals surface area contributed by atoms with Gasteiger partial charge in [-0.05, 0) is 31.9 Å². The molecule has 0 saturated heterocycles. The van der Waals surface area contributed by atoms with Gasteiger partial charge in [-0.3, -0.25) is 9.78 Å². The smallest absolute Gasteiger partial charge is 0.141 e. The molecule has 1 aliphatic rings. The average Bonchev–Trinajstić information content (AvgIpc) is 2.86. The molecule has 68 valence electrons. The molecule has 1 saturated carbocycles. The largest absolute Gasteiger partial charge is 0.299 e. The summed E-state index contributed by atoms with van der Waals surface area (Å²) in [4.78, 5) is 15.2. The van der Waals surface area contributed by atoms with E-state index in [2.05, 4.69) is 4.98 Å². The monoisotopic (exact) mass is 179 g/mol. The van der Waals surface area contributed by atoms with Crippen LogP contribution >= 0.6 is 0 Å². The molecule has 1 heterocycles. The Hall–Kier alpha value is -1.25. The van der Waals surface area contributed by atoms with Gasteiger partial charge in [-0.15, -0.1) is 0 Å². The van der Waals surface area contributed by atoms with Gasteiger partial charge in [-0.1, -0.05) is 0 Å². The van der Waals surface area contributed by atoms with E-state index in [0.29, 0.717) is 5.69 Å². The predicted molar refractivity (Wildman–Crippen MR) is 45.8 cm³/mol. The molecule has 0 radical (unpaired) electrons. The van der Waals surface area contributed by atoms with Gasteiger partial charge in [-0.2, -0.15) is 0 Å². The number of ketones is 1. The Balaban J connectivity index is 2.36. The molecule has 0 aliphatic heterocycles. The molecule has 0 amide bonds. The van der Waals surface area contributed by atoms with Crippen LogP contribution in [-0.2, 0) is 10.2 Å². The SMILES string of the molecule is CC(=O)C1(c2ccc(F)cn2)CC1. The lowest BCUT2D eigenvalue weighted by atomic mass is 9.97. The number of nitrogens with zero attached hydrogens (tertiary/aromatic N) is 1. The zero-order valence-corrected chi connectivity index (χ0v) is 7.38. The first kappa shape index (κ1) is 8.35. The van der Waals surface area contributed by atoms with E-state index in [9.17, 15) is 9.18 Å². The second kappa shape index (κ2) is 2.62. The van der Waals surface area contributed by atoms with E-state index in [0.717, 1.165) is 12.8 Å². The van der Waals surface area contributed by atoms with Crippen LogP contribution in [0.1, 0.15) is 25.5 Å². The van der Waals surface area contributed by atoms with Gasteiger partial charge in [0.1, 0.15) is 11.6 Å². The first-order chi connectivity index (χ1) is 6.15. The van der Waals surface area contributed by atoms with Crippen molar-refractivity contribution >= 4 is 5.78 Å². The van der Waals surface area contributed by atoms with E-state index < -0.39 is 0 Å². The number of hydrogen-bond donors (Lipinski definition) is 0. The van der Waals surface area contributed by atoms with Crippen molar-refractivity contribution in [3.63, 3.8) is 0 Å². The van der Waals surface area contributed by atoms with Crippen molar-refractivity contribution in [3.8, 4) is 0 Å². The Morgan fingerprint density at radius 2 is 2.23 bits per heavy atom. The van der Waals surface area contributed by atoms with Crippen molar-refractivity contribution in [2.75, 3.05) is 0 Å². The van der Waals surface area contributed by atoms with E-state index in [4.69, 9.17) is 0 Å². The molecule has 1 aromatic rings. The number of aromatic nitrogens is 1. The van der Waals surface area contributed by atoms with Gasteiger partial charge >= 0.3 is 0 Å². The number of rotatable bonds is 2. The van der Waals surface area contributed by atoms with Gasteiger partial charge < -0.3 is 0 Å². The van der Waals surface area contributed by atoms with Crippen molar-refractivity contribution in [1.29, 1.82) is 0 Å². The standard InChI is InChI=1S/C10H10FNO/c1-7(13)10(4-5-10)9-3-2-8(11)6-12-9/h2-3,6H,4-5H2,1H3. The van der Waals surface area contributed by atoms with E-state index in [1.165, 1.54) is 12.3 Å². The lowest BCUT2D eigenvalue weighted by Gasteiger charge is -2.09. The molecular formula is C10H10FNO. The molecule has 0 bridgehead atoms. The van der Waals surface area contributed by atoms with Crippen LogP contribution in [0.15, 0.2) is 18.3 Å². The molecule has 1 aromatic heterocycles. The van der Waals surface area contributed by atoms with Gasteiger partial charge in [0.05, 0.1) is 17.3 Å². The third-order valence-corrected chi connectivity index (χ3v) is 2.64. The molecule has 13 heavy (non-hydrogen) atoms. The van der Waals surface area contributed by atoms with Crippen molar-refractivity contribution < 1.29 is 9.18 Å². The molecular weight excluding hydrogens is 169 g/mol. The molecule has 1 aliphatic carbocycles. The number of carbonyl (C=O) groups is 1. The summed E-state index contributed by atoms with van der Waals surface area (Å²) in [6, 6.07) is 2.95. The van der Waals surface area contributed by atoms with Crippen molar-refractivity contribution in [2.45, 2.75) is 25.2 Å². The fourth-order valence-electron chi connectivity index (χ4n) is 1.57. The maximum Gasteiger partial charge on any atom is 0.141 e. The second-order valence-electron chi connectivity index (χ2n) is 3.50. The van der Waals surface area contributed by atoms with Crippen LogP contribution in [0.5, 0.6) is 0 Å². The van der Waals surface area contributed by atoms with Crippen molar-refractivity contribution in [3.05, 3.63) is 29.8 Å². The van der Waals surface area contributed by atoms with Gasteiger partial charge in [0.25, 0.3) is 0 Å². The molecule has 0 atom stereocenters. The minimum Gasteiger partial charge on any atom is -0.299 e. The Kier molecular flexibility index (Phi) is 1.68. The number of Topliss-reactive ketones (excluding diaryl/α,β-unsaturated/α-hetero) is 1. The Labute approximate surface area is 75.8 Å². The summed E-state index contributed by atoms with van der Waals surface area (Å²) in [5, 5.41) is 0. The maximum absolute atomic E-state index is 12.5. The zero-order valence-electron chi connectivity index (χ0n) is 7.38. The molecule has 0 unspecified atom stereocenters. The molecule has 1 fully saturated rings. The Bertz CT molecular complexity index is 340. The topological polar surface area (TPSA) is 30.0 Å². The minimum atomic E-state index is -0.381. The summed E-state index contributed by atoms with van der Waals surface area (Å²) in [5.41, 5.74) is 0.328. The first-order valence-corrected chi connectivity index (χ1v) is 4.28. The number of halogens is 1. The molecule has 2 nitrogen and oxygen atoms in total. The lowest BCUT2D eigenvalue weighted by molar-refractivity contribution is -0.119. The summed E-state index contributed by atoms with van der Waals surface area (Å²) in [7, 11) is 0. The molecule has 0 N–H and O–H groups in total. The normalized spacial score (nSPS) is 18.3. The summed E-state index contributed by atoms with van der Waals surface area (Å²) >= 11 is 0. The van der Waals surface area contributed by atoms with Gasteiger partial charge in [-0.25, -0.2) is 4.39 Å². The predicted octanol–water partition coefficient (Wildman–Crippen LogP) is 1.84. The van der Waals surface area contributed by atoms with Gasteiger partial charge in [0.2, 0.25) is 0 Å².